The number of anilines is 2. The molecule has 0 aliphatic carbocycles. The lowest BCUT2D eigenvalue weighted by atomic mass is 9.95. The number of amides is 2. The predicted octanol–water partition coefficient (Wildman–Crippen LogP) is 2.92. The number of carbonyl (C=O) groups excluding carboxylic acids is 2. The molecule has 1 aliphatic rings. The minimum atomic E-state index is -0.458. The number of benzene rings is 1. The van der Waals surface area contributed by atoms with Crippen LogP contribution >= 0.6 is 0 Å². The molecule has 1 aromatic carbocycles. The summed E-state index contributed by atoms with van der Waals surface area (Å²) in [5.41, 5.74) is 1.99. The first-order chi connectivity index (χ1) is 10.8. The normalized spacial score (nSPS) is 16.0. The number of carbonyl (C=O) groups is 2. The zero-order valence-corrected chi connectivity index (χ0v) is 14.5. The van der Waals surface area contributed by atoms with Gasteiger partial charge in [-0.3, -0.25) is 9.59 Å². The smallest absolute Gasteiger partial charge is 0.229 e. The summed E-state index contributed by atoms with van der Waals surface area (Å²) in [5.74, 6) is 0.0797. The van der Waals surface area contributed by atoms with Gasteiger partial charge in [0.2, 0.25) is 11.8 Å². The van der Waals surface area contributed by atoms with E-state index in [4.69, 9.17) is 0 Å². The maximum Gasteiger partial charge on any atom is 0.229 e. The molecule has 1 fully saturated rings. The summed E-state index contributed by atoms with van der Waals surface area (Å²) < 4.78 is 0. The largest absolute Gasteiger partial charge is 0.326 e. The maximum atomic E-state index is 12.3. The van der Waals surface area contributed by atoms with E-state index >= 15 is 0 Å². The van der Waals surface area contributed by atoms with Gasteiger partial charge in [0.25, 0.3) is 0 Å². The lowest BCUT2D eigenvalue weighted by molar-refractivity contribution is -0.123. The Balaban J connectivity index is 2.07. The highest BCUT2D eigenvalue weighted by Gasteiger charge is 2.23. The lowest BCUT2D eigenvalue weighted by Crippen LogP contribution is -2.34. The van der Waals surface area contributed by atoms with Crippen LogP contribution in [-0.4, -0.2) is 24.9 Å². The van der Waals surface area contributed by atoms with E-state index in [1.807, 2.05) is 45.9 Å². The van der Waals surface area contributed by atoms with Gasteiger partial charge in [0.05, 0.1) is 0 Å². The Bertz CT molecular complexity index is 584. The minimum absolute atomic E-state index is 0.0394. The van der Waals surface area contributed by atoms with Crippen LogP contribution in [-0.2, 0) is 9.59 Å². The fourth-order valence-corrected chi connectivity index (χ4v) is 2.47. The molecule has 0 unspecified atom stereocenters. The van der Waals surface area contributed by atoms with Crippen molar-refractivity contribution in [3.8, 4) is 0 Å². The van der Waals surface area contributed by atoms with Crippen molar-refractivity contribution < 1.29 is 9.59 Å². The van der Waals surface area contributed by atoms with Gasteiger partial charge in [-0.15, -0.1) is 0 Å². The molecule has 5 nitrogen and oxygen atoms in total. The summed E-state index contributed by atoms with van der Waals surface area (Å²) in [5, 5.41) is 9.17. The van der Waals surface area contributed by atoms with E-state index in [9.17, 15) is 9.59 Å². The third kappa shape index (κ3) is 4.79. The van der Waals surface area contributed by atoms with Crippen LogP contribution in [0.3, 0.4) is 0 Å². The molecule has 1 aliphatic heterocycles. The van der Waals surface area contributed by atoms with Crippen molar-refractivity contribution in [2.24, 2.45) is 11.3 Å². The molecule has 1 aromatic rings. The molecule has 126 valence electrons. The Morgan fingerprint density at radius 2 is 1.78 bits per heavy atom. The molecule has 0 aromatic heterocycles. The first-order valence-corrected chi connectivity index (χ1v) is 8.21. The van der Waals surface area contributed by atoms with E-state index in [2.05, 4.69) is 16.0 Å². The second-order valence-corrected chi connectivity index (χ2v) is 7.25. The van der Waals surface area contributed by atoms with Gasteiger partial charge in [-0.05, 0) is 50.6 Å². The van der Waals surface area contributed by atoms with Crippen molar-refractivity contribution in [3.05, 3.63) is 23.8 Å². The molecule has 2 rings (SSSR count). The molecular formula is C18H27N3O2. The monoisotopic (exact) mass is 317 g/mol. The Morgan fingerprint density at radius 3 is 2.39 bits per heavy atom. The number of hydrogen-bond donors (Lipinski definition) is 3. The standard InChI is InChI=1S/C18H27N3O2/c1-12-5-6-14(11-15(12)21-17(23)18(2,3)4)20-16(22)13-7-9-19-10-8-13/h5-6,11,13,19H,7-10H2,1-4H3,(H,20,22)(H,21,23). The summed E-state index contributed by atoms with van der Waals surface area (Å²) in [6, 6.07) is 5.62. The molecule has 0 saturated carbocycles. The fourth-order valence-electron chi connectivity index (χ4n) is 2.47. The average molecular weight is 317 g/mol. The number of piperidine rings is 1. The SMILES string of the molecule is Cc1ccc(NC(=O)C2CCNCC2)cc1NC(=O)C(C)(C)C. The van der Waals surface area contributed by atoms with Gasteiger partial charge >= 0.3 is 0 Å². The van der Waals surface area contributed by atoms with Gasteiger partial charge in [0, 0.05) is 22.7 Å². The molecule has 2 amide bonds. The molecule has 0 atom stereocenters. The van der Waals surface area contributed by atoms with Crippen LogP contribution in [0.25, 0.3) is 0 Å². The predicted molar refractivity (Wildman–Crippen MR) is 93.5 cm³/mol. The third-order valence-electron chi connectivity index (χ3n) is 4.14. The molecule has 0 bridgehead atoms. The van der Waals surface area contributed by atoms with Crippen molar-refractivity contribution in [1.82, 2.24) is 5.32 Å². The first kappa shape index (κ1) is 17.5. The summed E-state index contributed by atoms with van der Waals surface area (Å²) in [7, 11) is 0. The van der Waals surface area contributed by atoms with Crippen LogP contribution in [0.2, 0.25) is 0 Å². The molecular weight excluding hydrogens is 290 g/mol. The highest BCUT2D eigenvalue weighted by Crippen LogP contribution is 2.24. The average Bonchev–Trinajstić information content (AvgIpc) is 2.50. The van der Waals surface area contributed by atoms with Crippen LogP contribution in [0, 0.1) is 18.3 Å². The van der Waals surface area contributed by atoms with Crippen molar-refractivity contribution in [2.75, 3.05) is 23.7 Å². The summed E-state index contributed by atoms with van der Waals surface area (Å²) in [6.07, 6.45) is 1.73. The van der Waals surface area contributed by atoms with E-state index in [0.717, 1.165) is 42.9 Å². The van der Waals surface area contributed by atoms with Gasteiger partial charge in [-0.2, -0.15) is 0 Å². The Hall–Kier alpha value is -1.88. The van der Waals surface area contributed by atoms with Gasteiger partial charge in [-0.1, -0.05) is 26.8 Å². The Labute approximate surface area is 138 Å². The van der Waals surface area contributed by atoms with E-state index in [0.29, 0.717) is 0 Å². The van der Waals surface area contributed by atoms with Crippen molar-refractivity contribution in [2.45, 2.75) is 40.5 Å². The summed E-state index contributed by atoms with van der Waals surface area (Å²) in [4.78, 5) is 24.5. The van der Waals surface area contributed by atoms with Gasteiger partial charge in [0.1, 0.15) is 0 Å². The Kier molecular flexibility index (Phi) is 5.42. The highest BCUT2D eigenvalue weighted by molar-refractivity contribution is 5.97. The Morgan fingerprint density at radius 1 is 1.13 bits per heavy atom. The molecule has 5 heteroatoms. The van der Waals surface area contributed by atoms with Crippen LogP contribution in [0.5, 0.6) is 0 Å². The zero-order valence-electron chi connectivity index (χ0n) is 14.5. The van der Waals surface area contributed by atoms with Crippen molar-refractivity contribution in [1.29, 1.82) is 0 Å². The van der Waals surface area contributed by atoms with E-state index in [1.54, 1.807) is 0 Å². The number of nitrogens with one attached hydrogen (secondary N) is 3. The van der Waals surface area contributed by atoms with E-state index < -0.39 is 5.41 Å². The third-order valence-corrected chi connectivity index (χ3v) is 4.14. The summed E-state index contributed by atoms with van der Waals surface area (Å²) >= 11 is 0. The molecule has 0 spiro atoms. The van der Waals surface area contributed by atoms with Crippen LogP contribution in [0.15, 0.2) is 18.2 Å². The van der Waals surface area contributed by atoms with Crippen LogP contribution in [0.4, 0.5) is 11.4 Å². The second kappa shape index (κ2) is 7.13. The minimum Gasteiger partial charge on any atom is -0.326 e. The van der Waals surface area contributed by atoms with E-state index in [-0.39, 0.29) is 17.7 Å². The zero-order chi connectivity index (χ0) is 17.0. The van der Waals surface area contributed by atoms with Crippen molar-refractivity contribution in [3.63, 3.8) is 0 Å². The summed E-state index contributed by atoms with van der Waals surface area (Å²) in [6.45, 7) is 9.34. The maximum absolute atomic E-state index is 12.3. The lowest BCUT2D eigenvalue weighted by Gasteiger charge is -2.22. The van der Waals surface area contributed by atoms with Crippen LogP contribution in [0.1, 0.15) is 39.2 Å². The quantitative estimate of drug-likeness (QED) is 0.803. The number of aryl methyl sites for hydroxylation is 1. The van der Waals surface area contributed by atoms with Gasteiger partial charge < -0.3 is 16.0 Å². The molecule has 1 saturated heterocycles. The second-order valence-electron chi connectivity index (χ2n) is 7.25. The number of rotatable bonds is 3. The van der Waals surface area contributed by atoms with E-state index in [1.165, 1.54) is 0 Å². The van der Waals surface area contributed by atoms with Crippen molar-refractivity contribution >= 4 is 23.2 Å². The van der Waals surface area contributed by atoms with Gasteiger partial charge in [0.15, 0.2) is 0 Å². The number of hydrogen-bond acceptors (Lipinski definition) is 3. The first-order valence-electron chi connectivity index (χ1n) is 8.21. The molecule has 0 radical (unpaired) electrons. The molecule has 1 heterocycles. The molecule has 23 heavy (non-hydrogen) atoms. The molecule has 3 N–H and O–H groups in total. The van der Waals surface area contributed by atoms with Crippen LogP contribution < -0.4 is 16.0 Å². The topological polar surface area (TPSA) is 70.2 Å². The fraction of sp³-hybridized carbons (Fsp3) is 0.556. The highest BCUT2D eigenvalue weighted by atomic mass is 16.2. The van der Waals surface area contributed by atoms with Gasteiger partial charge in [-0.25, -0.2) is 0 Å².